The summed E-state index contributed by atoms with van der Waals surface area (Å²) >= 11 is 0.960. The van der Waals surface area contributed by atoms with Crippen molar-refractivity contribution in [1.82, 2.24) is 4.90 Å². The number of carbonyl (C=O) groups excluding carboxylic acids is 2. The summed E-state index contributed by atoms with van der Waals surface area (Å²) in [4.78, 5) is 26.8. The van der Waals surface area contributed by atoms with E-state index in [1.54, 1.807) is 6.08 Å². The van der Waals surface area contributed by atoms with Crippen LogP contribution in [0.5, 0.6) is 11.5 Å². The van der Waals surface area contributed by atoms with Crippen molar-refractivity contribution in [3.05, 3.63) is 64.1 Å². The minimum absolute atomic E-state index is 0.256. The third kappa shape index (κ3) is 4.57. The minimum atomic E-state index is -0.275. The van der Waals surface area contributed by atoms with Gasteiger partial charge in [0.2, 0.25) is 0 Å². The lowest BCUT2D eigenvalue weighted by molar-refractivity contribution is -0.123. The number of ether oxygens (including phenoxy) is 2. The molecular weight excluding hydrogens is 374 g/mol. The van der Waals surface area contributed by atoms with Crippen molar-refractivity contribution in [1.29, 1.82) is 0 Å². The Morgan fingerprint density at radius 3 is 2.46 bits per heavy atom. The highest BCUT2D eigenvalue weighted by Gasteiger charge is 2.35. The highest BCUT2D eigenvalue weighted by molar-refractivity contribution is 8.18. The predicted octanol–water partition coefficient (Wildman–Crippen LogP) is 5.03. The van der Waals surface area contributed by atoms with Crippen LogP contribution >= 0.6 is 11.8 Å². The van der Waals surface area contributed by atoms with Gasteiger partial charge in [-0.2, -0.15) is 0 Å². The van der Waals surface area contributed by atoms with Crippen molar-refractivity contribution in [3.63, 3.8) is 0 Å². The van der Waals surface area contributed by atoms with E-state index in [4.69, 9.17) is 9.47 Å². The van der Waals surface area contributed by atoms with Gasteiger partial charge in [-0.25, -0.2) is 0 Å². The Bertz CT molecular complexity index is 923. The van der Waals surface area contributed by atoms with Gasteiger partial charge in [-0.05, 0) is 61.9 Å². The van der Waals surface area contributed by atoms with E-state index in [9.17, 15) is 9.59 Å². The molecule has 0 aliphatic carbocycles. The standard InChI is InChI=1S/C22H23NO4S/c1-4-26-18-10-9-16(12-19(18)27-5-2)13-20-21(24)23(22(25)28-20)14-17-8-6-7-15(3)11-17/h6-13H,4-5,14H2,1-3H3/b20-13+. The molecule has 0 unspecified atom stereocenters. The summed E-state index contributed by atoms with van der Waals surface area (Å²) in [5.41, 5.74) is 2.81. The number of nitrogens with zero attached hydrogens (tertiary/aromatic N) is 1. The molecule has 2 aromatic carbocycles. The van der Waals surface area contributed by atoms with Gasteiger partial charge in [0.1, 0.15) is 0 Å². The van der Waals surface area contributed by atoms with Gasteiger partial charge in [0, 0.05) is 0 Å². The van der Waals surface area contributed by atoms with E-state index in [-0.39, 0.29) is 17.7 Å². The van der Waals surface area contributed by atoms with E-state index in [1.165, 1.54) is 4.90 Å². The van der Waals surface area contributed by atoms with E-state index in [0.717, 1.165) is 28.5 Å². The number of thioether (sulfide) groups is 1. The molecule has 0 bridgehead atoms. The fourth-order valence-corrected chi connectivity index (χ4v) is 3.78. The number of imide groups is 1. The average Bonchev–Trinajstić information content (AvgIpc) is 2.92. The lowest BCUT2D eigenvalue weighted by atomic mass is 10.1. The zero-order valence-electron chi connectivity index (χ0n) is 16.2. The Morgan fingerprint density at radius 1 is 1.00 bits per heavy atom. The Hall–Kier alpha value is -2.73. The Balaban J connectivity index is 1.82. The summed E-state index contributed by atoms with van der Waals surface area (Å²) in [5.74, 6) is 1.01. The van der Waals surface area contributed by atoms with Crippen LogP contribution in [-0.4, -0.2) is 29.3 Å². The van der Waals surface area contributed by atoms with Crippen molar-refractivity contribution in [2.45, 2.75) is 27.3 Å². The summed E-state index contributed by atoms with van der Waals surface area (Å²) in [6.07, 6.45) is 1.72. The zero-order valence-corrected chi connectivity index (χ0v) is 17.0. The third-order valence-electron chi connectivity index (χ3n) is 4.16. The molecule has 0 N–H and O–H groups in total. The van der Waals surface area contributed by atoms with Crippen molar-refractivity contribution >= 4 is 29.0 Å². The molecular formula is C22H23NO4S. The first-order valence-corrected chi connectivity index (χ1v) is 10.0. The first kappa shape index (κ1) is 20.0. The first-order valence-electron chi connectivity index (χ1n) is 9.22. The molecule has 2 aromatic rings. The highest BCUT2D eigenvalue weighted by atomic mass is 32.2. The van der Waals surface area contributed by atoms with Gasteiger partial charge in [0.05, 0.1) is 24.7 Å². The molecule has 1 fully saturated rings. The highest BCUT2D eigenvalue weighted by Crippen LogP contribution is 2.35. The van der Waals surface area contributed by atoms with Gasteiger partial charge in [-0.1, -0.05) is 35.9 Å². The van der Waals surface area contributed by atoms with Gasteiger partial charge in [-0.15, -0.1) is 0 Å². The molecule has 0 atom stereocenters. The quantitative estimate of drug-likeness (QED) is 0.614. The van der Waals surface area contributed by atoms with E-state index in [1.807, 2.05) is 63.2 Å². The maximum atomic E-state index is 12.7. The molecule has 0 radical (unpaired) electrons. The molecule has 0 saturated carbocycles. The Kier molecular flexibility index (Phi) is 6.41. The molecule has 1 aliphatic rings. The minimum Gasteiger partial charge on any atom is -0.490 e. The molecule has 5 nitrogen and oxygen atoms in total. The number of amides is 2. The van der Waals surface area contributed by atoms with E-state index >= 15 is 0 Å². The van der Waals surface area contributed by atoms with Crippen LogP contribution in [0.3, 0.4) is 0 Å². The van der Waals surface area contributed by atoms with E-state index in [2.05, 4.69) is 0 Å². The monoisotopic (exact) mass is 397 g/mol. The van der Waals surface area contributed by atoms with Crippen molar-refractivity contribution < 1.29 is 19.1 Å². The summed E-state index contributed by atoms with van der Waals surface area (Å²) in [5, 5.41) is -0.256. The fraction of sp³-hybridized carbons (Fsp3) is 0.273. The zero-order chi connectivity index (χ0) is 20.1. The maximum Gasteiger partial charge on any atom is 0.293 e. The van der Waals surface area contributed by atoms with Crippen molar-refractivity contribution in [2.75, 3.05) is 13.2 Å². The number of aryl methyl sites for hydroxylation is 1. The lowest BCUT2D eigenvalue weighted by Gasteiger charge is -2.13. The second-order valence-corrected chi connectivity index (χ2v) is 7.32. The lowest BCUT2D eigenvalue weighted by Crippen LogP contribution is -2.27. The molecule has 1 aliphatic heterocycles. The van der Waals surface area contributed by atoms with Crippen molar-refractivity contribution in [3.8, 4) is 11.5 Å². The van der Waals surface area contributed by atoms with E-state index in [0.29, 0.717) is 29.6 Å². The number of rotatable bonds is 7. The van der Waals surface area contributed by atoms with Gasteiger partial charge in [-0.3, -0.25) is 14.5 Å². The number of carbonyl (C=O) groups is 2. The smallest absolute Gasteiger partial charge is 0.293 e. The maximum absolute atomic E-state index is 12.7. The number of benzene rings is 2. The second kappa shape index (κ2) is 8.97. The largest absolute Gasteiger partial charge is 0.490 e. The van der Waals surface area contributed by atoms with Crippen LogP contribution in [0, 0.1) is 6.92 Å². The van der Waals surface area contributed by atoms with Crippen LogP contribution in [0.2, 0.25) is 0 Å². The molecule has 2 amide bonds. The molecule has 1 heterocycles. The fourth-order valence-electron chi connectivity index (χ4n) is 2.94. The normalized spacial score (nSPS) is 15.4. The molecule has 28 heavy (non-hydrogen) atoms. The van der Waals surface area contributed by atoms with Crippen LogP contribution in [0.4, 0.5) is 4.79 Å². The van der Waals surface area contributed by atoms with Crippen LogP contribution in [-0.2, 0) is 11.3 Å². The van der Waals surface area contributed by atoms with Gasteiger partial charge in [0.15, 0.2) is 11.5 Å². The van der Waals surface area contributed by atoms with Gasteiger partial charge >= 0.3 is 0 Å². The number of hydrogen-bond acceptors (Lipinski definition) is 5. The van der Waals surface area contributed by atoms with Crippen LogP contribution in [0.1, 0.15) is 30.5 Å². The third-order valence-corrected chi connectivity index (χ3v) is 5.07. The molecule has 1 saturated heterocycles. The summed E-state index contributed by atoms with van der Waals surface area (Å²) < 4.78 is 11.2. The average molecular weight is 397 g/mol. The summed E-state index contributed by atoms with van der Waals surface area (Å²) in [6.45, 7) is 7.12. The summed E-state index contributed by atoms with van der Waals surface area (Å²) in [6, 6.07) is 13.3. The van der Waals surface area contributed by atoms with Crippen LogP contribution in [0.15, 0.2) is 47.4 Å². The van der Waals surface area contributed by atoms with Crippen molar-refractivity contribution in [2.24, 2.45) is 0 Å². The SMILES string of the molecule is CCOc1ccc(/C=C2/SC(=O)N(Cc3cccc(C)c3)C2=O)cc1OCC. The summed E-state index contributed by atoms with van der Waals surface area (Å²) in [7, 11) is 0. The van der Waals surface area contributed by atoms with Crippen LogP contribution < -0.4 is 9.47 Å². The molecule has 3 rings (SSSR count). The molecule has 0 aromatic heterocycles. The Labute approximate surface area is 169 Å². The number of hydrogen-bond donors (Lipinski definition) is 0. The van der Waals surface area contributed by atoms with Gasteiger partial charge in [0.25, 0.3) is 11.1 Å². The van der Waals surface area contributed by atoms with E-state index < -0.39 is 0 Å². The van der Waals surface area contributed by atoms with Gasteiger partial charge < -0.3 is 9.47 Å². The molecule has 6 heteroatoms. The first-order chi connectivity index (χ1) is 13.5. The van der Waals surface area contributed by atoms with Crippen LogP contribution in [0.25, 0.3) is 6.08 Å². The second-order valence-electron chi connectivity index (χ2n) is 6.33. The predicted molar refractivity (Wildman–Crippen MR) is 111 cm³/mol. The topological polar surface area (TPSA) is 55.8 Å². The Morgan fingerprint density at radius 2 is 1.75 bits per heavy atom. The molecule has 146 valence electrons. The molecule has 0 spiro atoms.